The third-order valence-corrected chi connectivity index (χ3v) is 7.20. The van der Waals surface area contributed by atoms with Crippen LogP contribution in [0.2, 0.25) is 5.02 Å². The molecule has 0 aliphatic heterocycles. The highest BCUT2D eigenvalue weighted by atomic mass is 35.5. The Bertz CT molecular complexity index is 1570. The minimum absolute atomic E-state index is 0.236. The average molecular weight is 510 g/mol. The molecule has 0 amide bonds. The van der Waals surface area contributed by atoms with Crippen molar-refractivity contribution in [3.05, 3.63) is 63.7 Å². The zero-order valence-electron chi connectivity index (χ0n) is 19.3. The molecule has 0 fully saturated rings. The molecule has 34 heavy (non-hydrogen) atoms. The van der Waals surface area contributed by atoms with Crippen molar-refractivity contribution < 1.29 is 0 Å². The van der Waals surface area contributed by atoms with Gasteiger partial charge in [-0.25, -0.2) is 4.98 Å². The van der Waals surface area contributed by atoms with E-state index < -0.39 is 0 Å². The van der Waals surface area contributed by atoms with Crippen molar-refractivity contribution in [1.29, 1.82) is 0 Å². The summed E-state index contributed by atoms with van der Waals surface area (Å²) in [5.74, 6) is 0.804. The fourth-order valence-corrected chi connectivity index (χ4v) is 5.53. The maximum atomic E-state index is 6.08. The quantitative estimate of drug-likeness (QED) is 0.157. The highest BCUT2D eigenvalue weighted by molar-refractivity contribution is 7.98. The summed E-state index contributed by atoms with van der Waals surface area (Å²) in [6, 6.07) is 16.1. The van der Waals surface area contributed by atoms with Crippen LogP contribution in [0.4, 0.5) is 0 Å². The van der Waals surface area contributed by atoms with Crippen molar-refractivity contribution in [2.24, 2.45) is 10.2 Å². The van der Waals surface area contributed by atoms with Crippen LogP contribution in [0.15, 0.2) is 69.3 Å². The number of thioether (sulfide) groups is 1. The molecule has 0 bridgehead atoms. The molecule has 0 spiro atoms. The Hall–Kier alpha value is -2.88. The number of fused-ring (bicyclic) bond motifs is 3. The normalized spacial score (nSPS) is 13.1. The molecule has 3 heterocycles. The topological polar surface area (TPSA) is 64.8 Å². The molecular weight excluding hydrogens is 486 g/mol. The molecule has 0 atom stereocenters. The van der Waals surface area contributed by atoms with Crippen LogP contribution in [0.5, 0.6) is 0 Å². The molecule has 5 rings (SSSR count). The van der Waals surface area contributed by atoms with E-state index >= 15 is 0 Å². The first-order valence-corrected chi connectivity index (χ1v) is 13.4. The maximum absolute atomic E-state index is 6.08. The highest BCUT2D eigenvalue weighted by Crippen LogP contribution is 2.25. The number of hydrogen-bond donors (Lipinski definition) is 0. The second-order valence-electron chi connectivity index (χ2n) is 8.19. The minimum atomic E-state index is 0.236. The zero-order chi connectivity index (χ0) is 23.8. The number of para-hydroxylation sites is 2. The van der Waals surface area contributed by atoms with Gasteiger partial charge in [-0.1, -0.05) is 47.6 Å². The van der Waals surface area contributed by atoms with Gasteiger partial charge < -0.3 is 4.57 Å². The number of halogens is 1. The van der Waals surface area contributed by atoms with Crippen molar-refractivity contribution >= 4 is 57.2 Å². The summed E-state index contributed by atoms with van der Waals surface area (Å²) >= 11 is 9.25. The van der Waals surface area contributed by atoms with E-state index in [0.29, 0.717) is 6.54 Å². The number of rotatable bonds is 6. The van der Waals surface area contributed by atoms with Gasteiger partial charge in [0.25, 0.3) is 0 Å². The molecule has 0 saturated heterocycles. The van der Waals surface area contributed by atoms with Crippen molar-refractivity contribution in [3.63, 3.8) is 0 Å². The number of aromatic nitrogens is 5. The molecule has 2 aromatic carbocycles. The van der Waals surface area contributed by atoms with E-state index in [1.165, 1.54) is 0 Å². The smallest absolute Gasteiger partial charge is 0.234 e. The third-order valence-electron chi connectivity index (χ3n) is 5.45. The Kier molecular flexibility index (Phi) is 6.33. The van der Waals surface area contributed by atoms with Crippen LogP contribution in [0, 0.1) is 0 Å². The van der Waals surface area contributed by atoms with Crippen LogP contribution in [-0.4, -0.2) is 35.7 Å². The molecule has 5 aromatic rings. The van der Waals surface area contributed by atoms with Crippen LogP contribution in [0.3, 0.4) is 0 Å². The average Bonchev–Trinajstić information content (AvgIpc) is 3.51. The maximum Gasteiger partial charge on any atom is 0.234 e. The van der Waals surface area contributed by atoms with E-state index in [0.717, 1.165) is 48.8 Å². The summed E-state index contributed by atoms with van der Waals surface area (Å²) in [4.78, 5) is 5.64. The van der Waals surface area contributed by atoms with Crippen LogP contribution in [0.1, 0.15) is 26.8 Å². The van der Waals surface area contributed by atoms with Gasteiger partial charge in [0.1, 0.15) is 0 Å². The Morgan fingerprint density at radius 1 is 1.15 bits per heavy atom. The largest absolute Gasteiger partial charge is 0.313 e. The molecule has 0 radical (unpaired) electrons. The Labute approximate surface area is 210 Å². The molecule has 0 unspecified atom stereocenters. The first-order valence-electron chi connectivity index (χ1n) is 10.9. The molecular formula is C24H24ClN7S2. The van der Waals surface area contributed by atoms with Gasteiger partial charge in [-0.2, -0.15) is 9.62 Å². The summed E-state index contributed by atoms with van der Waals surface area (Å²) in [5, 5.41) is 17.7. The van der Waals surface area contributed by atoms with Crippen LogP contribution in [0.25, 0.3) is 28.1 Å². The van der Waals surface area contributed by atoms with Gasteiger partial charge in [0, 0.05) is 16.4 Å². The summed E-state index contributed by atoms with van der Waals surface area (Å²) < 4.78 is 6.19. The summed E-state index contributed by atoms with van der Waals surface area (Å²) in [7, 11) is 0. The lowest BCUT2D eigenvalue weighted by atomic mass is 10.1. The lowest BCUT2D eigenvalue weighted by Crippen LogP contribution is -2.18. The van der Waals surface area contributed by atoms with E-state index in [9.17, 15) is 0 Å². The Morgan fingerprint density at radius 3 is 2.65 bits per heavy atom. The number of imidazole rings is 1. The Morgan fingerprint density at radius 2 is 1.91 bits per heavy atom. The first-order chi connectivity index (χ1) is 16.5. The predicted octanol–water partition coefficient (Wildman–Crippen LogP) is 6.15. The Balaban J connectivity index is 1.51. The minimum Gasteiger partial charge on any atom is -0.313 e. The number of benzene rings is 2. The van der Waals surface area contributed by atoms with E-state index in [2.05, 4.69) is 38.6 Å². The number of nitrogens with zero attached hydrogens (tertiary/aromatic N) is 7. The summed E-state index contributed by atoms with van der Waals surface area (Å²) in [6.07, 6.45) is 2.02. The van der Waals surface area contributed by atoms with Gasteiger partial charge in [-0.05, 0) is 56.9 Å². The molecule has 0 N–H and O–H groups in total. The van der Waals surface area contributed by atoms with Crippen LogP contribution < -0.4 is 4.80 Å². The first kappa shape index (κ1) is 22.9. The fourth-order valence-electron chi connectivity index (χ4n) is 3.90. The second kappa shape index (κ2) is 9.40. The molecule has 0 aliphatic rings. The highest BCUT2D eigenvalue weighted by Gasteiger charge is 2.16. The van der Waals surface area contributed by atoms with Crippen LogP contribution in [-0.2, 0) is 6.54 Å². The van der Waals surface area contributed by atoms with Crippen molar-refractivity contribution in [2.45, 2.75) is 38.5 Å². The molecule has 0 saturated carbocycles. The van der Waals surface area contributed by atoms with Gasteiger partial charge in [-0.15, -0.1) is 21.5 Å². The van der Waals surface area contributed by atoms with Gasteiger partial charge in [0.15, 0.2) is 5.16 Å². The van der Waals surface area contributed by atoms with Gasteiger partial charge in [0.05, 0.1) is 29.0 Å². The van der Waals surface area contributed by atoms with Gasteiger partial charge in [0.2, 0.25) is 10.6 Å². The zero-order valence-corrected chi connectivity index (χ0v) is 21.7. The molecule has 0 aliphatic carbocycles. The third kappa shape index (κ3) is 4.19. The van der Waals surface area contributed by atoms with E-state index in [1.54, 1.807) is 23.1 Å². The standard InChI is InChI=1S/C24H24ClN7S2/c1-15(2)31-21(17-9-11-18(25)12-10-17)14-34-23(31)28-27-16(3)13-30-22-26-19-7-5-6-8-20(19)32(22)29-24(30)33-4/h5-12,14-15H,13H2,1-4H3/b27-16+,28-23-. The predicted molar refractivity (Wildman–Crippen MR) is 142 cm³/mol. The van der Waals surface area contributed by atoms with Gasteiger partial charge >= 0.3 is 0 Å². The van der Waals surface area contributed by atoms with Crippen molar-refractivity contribution in [3.8, 4) is 11.3 Å². The molecule has 10 heteroatoms. The van der Waals surface area contributed by atoms with E-state index in [-0.39, 0.29) is 6.04 Å². The monoisotopic (exact) mass is 509 g/mol. The molecule has 7 nitrogen and oxygen atoms in total. The number of thiazole rings is 1. The summed E-state index contributed by atoms with van der Waals surface area (Å²) in [6.45, 7) is 6.85. The number of hydrogen-bond acceptors (Lipinski definition) is 6. The van der Waals surface area contributed by atoms with E-state index in [4.69, 9.17) is 21.7 Å². The van der Waals surface area contributed by atoms with Crippen LogP contribution >= 0.6 is 34.7 Å². The lowest BCUT2D eigenvalue weighted by molar-refractivity contribution is 0.587. The van der Waals surface area contributed by atoms with Gasteiger partial charge in [-0.3, -0.25) is 4.57 Å². The summed E-state index contributed by atoms with van der Waals surface area (Å²) in [5.41, 5.74) is 5.01. The second-order valence-corrected chi connectivity index (χ2v) is 10.2. The SMILES string of the molecule is CSc1nn2c3ccccc3nc2n1C/C(C)=N/N=c1\scc(-c2ccc(Cl)cc2)n1C(C)C. The molecule has 174 valence electrons. The lowest BCUT2D eigenvalue weighted by Gasteiger charge is -2.12. The van der Waals surface area contributed by atoms with E-state index in [1.807, 2.05) is 66.2 Å². The van der Waals surface area contributed by atoms with Crippen molar-refractivity contribution in [1.82, 2.24) is 23.7 Å². The molecule has 3 aromatic heterocycles. The fraction of sp³-hybridized carbons (Fsp3) is 0.250. The van der Waals surface area contributed by atoms with Crippen molar-refractivity contribution in [2.75, 3.05) is 6.26 Å².